The summed E-state index contributed by atoms with van der Waals surface area (Å²) in [4.78, 5) is 15.4. The van der Waals surface area contributed by atoms with Gasteiger partial charge in [-0.2, -0.15) is 4.98 Å². The van der Waals surface area contributed by atoms with Gasteiger partial charge in [0.1, 0.15) is 5.82 Å². The van der Waals surface area contributed by atoms with Gasteiger partial charge in [-0.05, 0) is 25.1 Å². The Balaban J connectivity index is 2.10. The lowest BCUT2D eigenvalue weighted by molar-refractivity contribution is 0.0691. The van der Waals surface area contributed by atoms with Crippen molar-refractivity contribution in [3.63, 3.8) is 0 Å². The third-order valence-electron chi connectivity index (χ3n) is 2.10. The van der Waals surface area contributed by atoms with Crippen LogP contribution in [0.3, 0.4) is 0 Å². The normalized spacial score (nSPS) is 10.6. The first-order valence-corrected chi connectivity index (χ1v) is 5.99. The summed E-state index contributed by atoms with van der Waals surface area (Å²) < 4.78 is 18.1. The Morgan fingerprint density at radius 2 is 2.33 bits per heavy atom. The molecule has 18 heavy (non-hydrogen) atoms. The molecule has 1 aromatic heterocycles. The molecule has 0 bridgehead atoms. The molecule has 2 rings (SSSR count). The molecule has 5 nitrogen and oxygen atoms in total. The summed E-state index contributed by atoms with van der Waals surface area (Å²) in [6.07, 6.45) is 0. The van der Waals surface area contributed by atoms with E-state index >= 15 is 0 Å². The summed E-state index contributed by atoms with van der Waals surface area (Å²) in [5.41, 5.74) is -0.346. The van der Waals surface area contributed by atoms with Gasteiger partial charge in [-0.1, -0.05) is 5.16 Å². The number of halogens is 1. The number of rotatable bonds is 4. The number of aromatic nitrogens is 2. The van der Waals surface area contributed by atoms with E-state index < -0.39 is 11.8 Å². The minimum absolute atomic E-state index is 0.346. The molecule has 0 fully saturated rings. The van der Waals surface area contributed by atoms with Gasteiger partial charge in [-0.3, -0.25) is 0 Å². The van der Waals surface area contributed by atoms with Crippen LogP contribution in [0.5, 0.6) is 0 Å². The summed E-state index contributed by atoms with van der Waals surface area (Å²) in [5.74, 6) is -0.648. The molecule has 2 aromatic rings. The van der Waals surface area contributed by atoms with E-state index in [-0.39, 0.29) is 5.56 Å². The first-order valence-electron chi connectivity index (χ1n) is 5.01. The summed E-state index contributed by atoms with van der Waals surface area (Å²) in [5, 5.41) is 12.4. The zero-order valence-corrected chi connectivity index (χ0v) is 10.2. The first-order chi connectivity index (χ1) is 8.56. The van der Waals surface area contributed by atoms with Crippen LogP contribution in [0.2, 0.25) is 0 Å². The number of hydrogen-bond acceptors (Lipinski definition) is 5. The van der Waals surface area contributed by atoms with E-state index in [1.807, 2.05) is 0 Å². The highest BCUT2D eigenvalue weighted by Crippen LogP contribution is 2.24. The van der Waals surface area contributed by atoms with Gasteiger partial charge in [0.15, 0.2) is 5.82 Å². The molecule has 0 saturated heterocycles. The number of aryl methyl sites for hydroxylation is 1. The molecule has 1 N–H and O–H groups in total. The average molecular weight is 268 g/mol. The number of carbonyl (C=O) groups is 1. The molecule has 94 valence electrons. The molecule has 0 aliphatic heterocycles. The minimum Gasteiger partial charge on any atom is -0.478 e. The molecule has 0 atom stereocenters. The fraction of sp³-hybridized carbons (Fsp3) is 0.182. The second-order valence-electron chi connectivity index (χ2n) is 3.47. The maximum Gasteiger partial charge on any atom is 0.338 e. The van der Waals surface area contributed by atoms with Crippen molar-refractivity contribution in [1.82, 2.24) is 10.1 Å². The quantitative estimate of drug-likeness (QED) is 0.858. The van der Waals surface area contributed by atoms with E-state index in [9.17, 15) is 9.18 Å². The Bertz CT molecular complexity index is 585. The summed E-state index contributed by atoms with van der Waals surface area (Å²) >= 11 is 1.30. The van der Waals surface area contributed by atoms with Crippen LogP contribution in [-0.4, -0.2) is 21.2 Å². The Kier molecular flexibility index (Phi) is 3.61. The maximum atomic E-state index is 13.2. The van der Waals surface area contributed by atoms with Gasteiger partial charge in [0, 0.05) is 4.90 Å². The second-order valence-corrected chi connectivity index (χ2v) is 4.52. The van der Waals surface area contributed by atoms with E-state index in [1.165, 1.54) is 23.9 Å². The largest absolute Gasteiger partial charge is 0.478 e. The maximum absolute atomic E-state index is 13.2. The number of nitrogens with zero attached hydrogens (tertiary/aromatic N) is 2. The standard InChI is InChI=1S/C11H9FN2O3S/c1-6-13-10(17-14-6)5-18-7-2-3-9(12)8(4-7)11(15)16/h2-4H,5H2,1H3,(H,15,16). The van der Waals surface area contributed by atoms with Crippen molar-refractivity contribution in [2.75, 3.05) is 0 Å². The zero-order valence-electron chi connectivity index (χ0n) is 9.38. The van der Waals surface area contributed by atoms with Crippen LogP contribution in [-0.2, 0) is 5.75 Å². The number of benzene rings is 1. The van der Waals surface area contributed by atoms with Gasteiger partial charge in [0.25, 0.3) is 0 Å². The molecular weight excluding hydrogens is 259 g/mol. The first kappa shape index (κ1) is 12.6. The second kappa shape index (κ2) is 5.18. The summed E-state index contributed by atoms with van der Waals surface area (Å²) in [6.45, 7) is 1.71. The van der Waals surface area contributed by atoms with Crippen LogP contribution < -0.4 is 0 Å². The molecule has 0 radical (unpaired) electrons. The van der Waals surface area contributed by atoms with Crippen LogP contribution >= 0.6 is 11.8 Å². The van der Waals surface area contributed by atoms with Gasteiger partial charge >= 0.3 is 5.97 Å². The molecule has 0 aliphatic carbocycles. The Hall–Kier alpha value is -1.89. The van der Waals surface area contributed by atoms with Gasteiger partial charge in [-0.25, -0.2) is 9.18 Å². The average Bonchev–Trinajstić information content (AvgIpc) is 2.74. The highest BCUT2D eigenvalue weighted by molar-refractivity contribution is 7.98. The predicted octanol–water partition coefficient (Wildman–Crippen LogP) is 2.51. The van der Waals surface area contributed by atoms with Crippen molar-refractivity contribution in [2.45, 2.75) is 17.6 Å². The fourth-order valence-corrected chi connectivity index (χ4v) is 2.07. The molecule has 0 amide bonds. The lowest BCUT2D eigenvalue weighted by Gasteiger charge is -2.01. The minimum atomic E-state index is -1.29. The predicted molar refractivity (Wildman–Crippen MR) is 62.0 cm³/mol. The van der Waals surface area contributed by atoms with Gasteiger partial charge in [0.2, 0.25) is 5.89 Å². The number of aromatic carboxylic acids is 1. The van der Waals surface area contributed by atoms with Crippen molar-refractivity contribution >= 4 is 17.7 Å². The van der Waals surface area contributed by atoms with Crippen molar-refractivity contribution < 1.29 is 18.8 Å². The lowest BCUT2D eigenvalue weighted by atomic mass is 10.2. The highest BCUT2D eigenvalue weighted by Gasteiger charge is 2.11. The molecule has 0 spiro atoms. The molecule has 0 unspecified atom stereocenters. The van der Waals surface area contributed by atoms with E-state index in [4.69, 9.17) is 9.63 Å². The van der Waals surface area contributed by atoms with Crippen molar-refractivity contribution in [3.05, 3.63) is 41.3 Å². The Morgan fingerprint density at radius 3 is 2.94 bits per heavy atom. The number of hydrogen-bond donors (Lipinski definition) is 1. The van der Waals surface area contributed by atoms with Crippen LogP contribution in [0.1, 0.15) is 22.1 Å². The SMILES string of the molecule is Cc1noc(CSc2ccc(F)c(C(=O)O)c2)n1. The fourth-order valence-electron chi connectivity index (χ4n) is 1.30. The lowest BCUT2D eigenvalue weighted by Crippen LogP contribution is -2.00. The molecule has 0 saturated carbocycles. The van der Waals surface area contributed by atoms with E-state index in [0.29, 0.717) is 22.4 Å². The molecule has 7 heteroatoms. The number of carboxylic acids is 1. The number of thioether (sulfide) groups is 1. The van der Waals surface area contributed by atoms with Gasteiger partial charge in [0.05, 0.1) is 11.3 Å². The van der Waals surface area contributed by atoms with Crippen LogP contribution in [0.15, 0.2) is 27.6 Å². The smallest absolute Gasteiger partial charge is 0.338 e. The summed E-state index contributed by atoms with van der Waals surface area (Å²) in [7, 11) is 0. The van der Waals surface area contributed by atoms with Crippen molar-refractivity contribution in [3.8, 4) is 0 Å². The van der Waals surface area contributed by atoms with Crippen LogP contribution in [0.25, 0.3) is 0 Å². The monoisotopic (exact) mass is 268 g/mol. The zero-order chi connectivity index (χ0) is 13.1. The Labute approximate surface area is 106 Å². The van der Waals surface area contributed by atoms with Crippen molar-refractivity contribution in [2.24, 2.45) is 0 Å². The third-order valence-corrected chi connectivity index (χ3v) is 3.08. The van der Waals surface area contributed by atoms with E-state index in [1.54, 1.807) is 6.92 Å². The highest BCUT2D eigenvalue weighted by atomic mass is 32.2. The molecule has 1 aromatic carbocycles. The third kappa shape index (κ3) is 2.86. The summed E-state index contributed by atoms with van der Waals surface area (Å²) in [6, 6.07) is 3.92. The van der Waals surface area contributed by atoms with Gasteiger partial charge in [-0.15, -0.1) is 11.8 Å². The molecular formula is C11H9FN2O3S. The van der Waals surface area contributed by atoms with E-state index in [0.717, 1.165) is 6.07 Å². The number of carboxylic acid groups (broad SMARTS) is 1. The van der Waals surface area contributed by atoms with Crippen LogP contribution in [0.4, 0.5) is 4.39 Å². The van der Waals surface area contributed by atoms with Gasteiger partial charge < -0.3 is 9.63 Å². The van der Waals surface area contributed by atoms with Crippen LogP contribution in [0, 0.1) is 12.7 Å². The molecule has 1 heterocycles. The van der Waals surface area contributed by atoms with E-state index in [2.05, 4.69) is 10.1 Å². The molecule has 0 aliphatic rings. The Morgan fingerprint density at radius 1 is 1.56 bits per heavy atom. The van der Waals surface area contributed by atoms with Crippen molar-refractivity contribution in [1.29, 1.82) is 0 Å². The topological polar surface area (TPSA) is 76.2 Å².